The largest absolute Gasteiger partial charge is 0.391 e. The molecule has 2 N–H and O–H groups in total. The maximum absolute atomic E-state index is 14.7. The monoisotopic (exact) mass is 428 g/mol. The Kier molecular flexibility index (Phi) is 3.75. The lowest BCUT2D eigenvalue weighted by Crippen LogP contribution is -2.47. The summed E-state index contributed by atoms with van der Waals surface area (Å²) in [5.41, 5.74) is -5.35. The number of hydrogen-bond acceptors (Lipinski definition) is 4. The number of halogens is 6. The second-order valence-corrected chi connectivity index (χ2v) is 9.55. The van der Waals surface area contributed by atoms with Gasteiger partial charge in [0, 0.05) is 41.6 Å². The summed E-state index contributed by atoms with van der Waals surface area (Å²) in [6.45, 7) is 1.95. The van der Waals surface area contributed by atoms with Gasteiger partial charge in [-0.05, 0) is 0 Å². The third-order valence-electron chi connectivity index (χ3n) is 5.82. The molecule has 2 atom stereocenters. The van der Waals surface area contributed by atoms with Crippen molar-refractivity contribution in [3.05, 3.63) is 42.9 Å². The summed E-state index contributed by atoms with van der Waals surface area (Å²) in [5, 5.41) is 18.9. The molecule has 0 radical (unpaired) electrons. The zero-order valence-corrected chi connectivity index (χ0v) is 15.7. The quantitative estimate of drug-likeness (QED) is 0.627. The third kappa shape index (κ3) is 1.91. The standard InChI is InChI=1S/C17H14F6O2S2/c1-13-3-7(5-24)26-11(13)9-10(12-14(13,2)4-8(6-25)27-12)16(20,21)17(22,23)15(9,18)19/h3-4,24-25H,5-6H2,1-2H3/t13-,14-/m1/s1. The predicted molar refractivity (Wildman–Crippen MR) is 90.6 cm³/mol. The minimum Gasteiger partial charge on any atom is -0.391 e. The Balaban J connectivity index is 2.14. The van der Waals surface area contributed by atoms with Gasteiger partial charge in [0.15, 0.2) is 0 Å². The lowest BCUT2D eigenvalue weighted by Gasteiger charge is -2.45. The third-order valence-corrected chi connectivity index (χ3v) is 8.50. The van der Waals surface area contributed by atoms with Crippen LogP contribution in [0.5, 0.6) is 0 Å². The van der Waals surface area contributed by atoms with Crippen LogP contribution in [0.2, 0.25) is 0 Å². The molecule has 1 saturated carbocycles. The first-order valence-corrected chi connectivity index (χ1v) is 9.58. The molecule has 0 saturated heterocycles. The van der Waals surface area contributed by atoms with Crippen molar-refractivity contribution in [3.8, 4) is 0 Å². The van der Waals surface area contributed by atoms with E-state index >= 15 is 0 Å². The van der Waals surface area contributed by atoms with Crippen molar-refractivity contribution in [2.75, 3.05) is 13.2 Å². The van der Waals surface area contributed by atoms with Crippen molar-refractivity contribution in [3.63, 3.8) is 0 Å². The molecule has 2 nitrogen and oxygen atoms in total. The van der Waals surface area contributed by atoms with Gasteiger partial charge < -0.3 is 10.2 Å². The van der Waals surface area contributed by atoms with Crippen LogP contribution in [0.25, 0.3) is 0 Å². The van der Waals surface area contributed by atoms with E-state index in [2.05, 4.69) is 0 Å². The van der Waals surface area contributed by atoms with E-state index < -0.39 is 53.0 Å². The van der Waals surface area contributed by atoms with E-state index in [9.17, 15) is 36.6 Å². The highest BCUT2D eigenvalue weighted by atomic mass is 32.2. The fraction of sp³-hybridized carbons (Fsp3) is 0.529. The maximum atomic E-state index is 14.7. The molecule has 0 amide bonds. The number of thioether (sulfide) groups is 2. The maximum Gasteiger partial charge on any atom is 0.380 e. The first kappa shape index (κ1) is 19.5. The minimum atomic E-state index is -5.58. The van der Waals surface area contributed by atoms with Gasteiger partial charge >= 0.3 is 17.8 Å². The Morgan fingerprint density at radius 2 is 1.07 bits per heavy atom. The Morgan fingerprint density at radius 1 is 0.741 bits per heavy atom. The van der Waals surface area contributed by atoms with Gasteiger partial charge in [-0.1, -0.05) is 49.5 Å². The number of allylic oxidation sites excluding steroid dienone is 6. The van der Waals surface area contributed by atoms with E-state index in [4.69, 9.17) is 0 Å². The molecule has 2 aliphatic heterocycles. The number of rotatable bonds is 2. The molecule has 4 aliphatic rings. The van der Waals surface area contributed by atoms with Crippen molar-refractivity contribution in [2.45, 2.75) is 31.6 Å². The highest BCUT2D eigenvalue weighted by Gasteiger charge is 2.84. The summed E-state index contributed by atoms with van der Waals surface area (Å²) >= 11 is 1.28. The molecule has 2 heterocycles. The van der Waals surface area contributed by atoms with Crippen LogP contribution in [0.1, 0.15) is 13.8 Å². The molecular weight excluding hydrogens is 414 g/mol. The molecule has 10 heteroatoms. The number of hydrogen-bond donors (Lipinski definition) is 2. The zero-order valence-electron chi connectivity index (χ0n) is 14.0. The molecule has 0 aromatic heterocycles. The predicted octanol–water partition coefficient (Wildman–Crippen LogP) is 4.69. The van der Waals surface area contributed by atoms with Crippen molar-refractivity contribution in [2.24, 2.45) is 10.8 Å². The Morgan fingerprint density at radius 3 is 1.37 bits per heavy atom. The smallest absolute Gasteiger partial charge is 0.380 e. The van der Waals surface area contributed by atoms with Gasteiger partial charge in [-0.2, -0.15) is 26.3 Å². The summed E-state index contributed by atoms with van der Waals surface area (Å²) in [6.07, 6.45) is 2.94. The normalized spacial score (nSPS) is 37.9. The fourth-order valence-corrected chi connectivity index (χ4v) is 7.07. The number of aliphatic hydroxyl groups excluding tert-OH is 2. The Bertz CT molecular complexity index is 818. The molecule has 27 heavy (non-hydrogen) atoms. The van der Waals surface area contributed by atoms with Crippen LogP contribution in [0.4, 0.5) is 26.3 Å². The number of alkyl halides is 6. The summed E-state index contributed by atoms with van der Waals surface area (Å²) in [5.74, 6) is -15.7. The molecule has 0 spiro atoms. The van der Waals surface area contributed by atoms with Crippen LogP contribution in [0, 0.1) is 10.8 Å². The fourth-order valence-electron chi connectivity index (χ4n) is 4.19. The molecular formula is C17H14F6O2S2. The van der Waals surface area contributed by atoms with Crippen molar-refractivity contribution in [1.29, 1.82) is 0 Å². The SMILES string of the molecule is C[C@@]12C=C(CO)SC1=C1C(=C3SC(CO)=C[C@]32C)C(F)(F)C(F)(F)C1(F)F. The molecule has 0 aromatic carbocycles. The molecule has 1 fully saturated rings. The summed E-state index contributed by atoms with van der Waals surface area (Å²) in [6, 6.07) is 0. The Labute approximate surface area is 159 Å². The first-order chi connectivity index (χ1) is 12.3. The van der Waals surface area contributed by atoms with Crippen molar-refractivity contribution in [1.82, 2.24) is 0 Å². The molecule has 0 bridgehead atoms. The van der Waals surface area contributed by atoms with Crippen LogP contribution < -0.4 is 0 Å². The summed E-state index contributed by atoms with van der Waals surface area (Å²) in [4.78, 5) is -0.143. The lowest BCUT2D eigenvalue weighted by atomic mass is 9.60. The second-order valence-electron chi connectivity index (χ2n) is 7.28. The van der Waals surface area contributed by atoms with Crippen molar-refractivity contribution < 1.29 is 36.6 Å². The van der Waals surface area contributed by atoms with Crippen LogP contribution in [-0.2, 0) is 0 Å². The van der Waals surface area contributed by atoms with E-state index in [1.807, 2.05) is 0 Å². The van der Waals surface area contributed by atoms with Gasteiger partial charge in [0.05, 0.1) is 13.2 Å². The zero-order chi connectivity index (χ0) is 20.2. The van der Waals surface area contributed by atoms with Gasteiger partial charge in [0.2, 0.25) is 0 Å². The lowest BCUT2D eigenvalue weighted by molar-refractivity contribution is -0.258. The van der Waals surface area contributed by atoms with E-state index in [1.54, 1.807) is 0 Å². The molecule has 0 aromatic rings. The highest BCUT2D eigenvalue weighted by molar-refractivity contribution is 8.07. The molecule has 2 aliphatic carbocycles. The number of aliphatic hydroxyl groups is 2. The average molecular weight is 428 g/mol. The van der Waals surface area contributed by atoms with Crippen molar-refractivity contribution >= 4 is 23.5 Å². The van der Waals surface area contributed by atoms with Gasteiger partial charge in [-0.15, -0.1) is 0 Å². The van der Waals surface area contributed by atoms with Crippen LogP contribution >= 0.6 is 23.5 Å². The van der Waals surface area contributed by atoms with Gasteiger partial charge in [0.25, 0.3) is 0 Å². The van der Waals surface area contributed by atoms with E-state index in [-0.39, 0.29) is 19.6 Å². The van der Waals surface area contributed by atoms with Gasteiger partial charge in [0.1, 0.15) is 0 Å². The first-order valence-electron chi connectivity index (χ1n) is 7.94. The van der Waals surface area contributed by atoms with Crippen LogP contribution in [0.15, 0.2) is 42.9 Å². The summed E-state index contributed by atoms with van der Waals surface area (Å²) < 4.78 is 87.0. The average Bonchev–Trinajstić information content (AvgIpc) is 3.13. The topological polar surface area (TPSA) is 40.5 Å². The Hall–Kier alpha value is -0.840. The molecule has 148 valence electrons. The van der Waals surface area contributed by atoms with E-state index in [0.29, 0.717) is 23.5 Å². The number of fused-ring (bicyclic) bond motifs is 4. The van der Waals surface area contributed by atoms with Gasteiger partial charge in [-0.25, -0.2) is 0 Å². The van der Waals surface area contributed by atoms with Crippen LogP contribution in [0.3, 0.4) is 0 Å². The summed E-state index contributed by atoms with van der Waals surface area (Å²) in [7, 11) is 0. The molecule has 0 unspecified atom stereocenters. The van der Waals surface area contributed by atoms with Gasteiger partial charge in [-0.3, -0.25) is 0 Å². The van der Waals surface area contributed by atoms with Crippen LogP contribution in [-0.4, -0.2) is 41.2 Å². The highest BCUT2D eigenvalue weighted by Crippen LogP contribution is 2.76. The van der Waals surface area contributed by atoms with E-state index in [1.165, 1.54) is 26.0 Å². The van der Waals surface area contributed by atoms with E-state index in [0.717, 1.165) is 0 Å². The minimum absolute atomic E-state index is 0.229. The molecule has 4 rings (SSSR count). The second kappa shape index (κ2) is 5.20.